The smallest absolute Gasteiger partial charge is 0.239 e. The summed E-state index contributed by atoms with van der Waals surface area (Å²) in [5, 5.41) is 3.35. The van der Waals surface area contributed by atoms with Crippen LogP contribution in [0.1, 0.15) is 5.76 Å². The number of aromatic nitrogens is 2. The molecular formula is C18H20N4O4S. The third kappa shape index (κ3) is 5.04. The Bertz CT molecular complexity index is 923. The number of carbonyl (C=O) groups excluding carboxylic acids is 2. The van der Waals surface area contributed by atoms with Gasteiger partial charge in [-0.2, -0.15) is 0 Å². The molecule has 3 rings (SSSR count). The van der Waals surface area contributed by atoms with Crippen LogP contribution in [0.25, 0.3) is 11.0 Å². The lowest BCUT2D eigenvalue weighted by Crippen LogP contribution is -2.38. The zero-order valence-electron chi connectivity index (χ0n) is 15.0. The lowest BCUT2D eigenvalue weighted by atomic mass is 10.3. The molecule has 27 heavy (non-hydrogen) atoms. The van der Waals surface area contributed by atoms with Crippen molar-refractivity contribution < 1.29 is 18.7 Å². The number of aromatic amines is 1. The van der Waals surface area contributed by atoms with E-state index in [1.807, 2.05) is 18.2 Å². The zero-order valence-corrected chi connectivity index (χ0v) is 15.8. The van der Waals surface area contributed by atoms with E-state index in [4.69, 9.17) is 9.15 Å². The van der Waals surface area contributed by atoms with Crippen LogP contribution in [0.15, 0.2) is 46.2 Å². The van der Waals surface area contributed by atoms with Crippen molar-refractivity contribution in [3.05, 3.63) is 42.4 Å². The van der Waals surface area contributed by atoms with E-state index in [-0.39, 0.29) is 24.1 Å². The van der Waals surface area contributed by atoms with Crippen molar-refractivity contribution in [3.8, 4) is 5.75 Å². The van der Waals surface area contributed by atoms with Gasteiger partial charge < -0.3 is 24.4 Å². The number of likely N-dealkylation sites (N-methyl/N-ethyl adjacent to an activating group) is 1. The Morgan fingerprint density at radius 3 is 2.96 bits per heavy atom. The van der Waals surface area contributed by atoms with Crippen molar-refractivity contribution in [3.63, 3.8) is 0 Å². The molecule has 2 aromatic heterocycles. The number of H-pyrrole nitrogens is 1. The van der Waals surface area contributed by atoms with E-state index >= 15 is 0 Å². The largest absolute Gasteiger partial charge is 0.497 e. The molecule has 1 aromatic carbocycles. The number of nitrogens with zero attached hydrogens (tertiary/aromatic N) is 2. The SMILES string of the molecule is COc1ccc2nc(SCC(=O)N(C)CC(=O)NCc3ccco3)[nH]c2c1. The summed E-state index contributed by atoms with van der Waals surface area (Å²) in [4.78, 5) is 33.1. The first-order chi connectivity index (χ1) is 13.0. The minimum Gasteiger partial charge on any atom is -0.497 e. The van der Waals surface area contributed by atoms with Gasteiger partial charge in [-0.25, -0.2) is 4.98 Å². The number of nitrogens with one attached hydrogen (secondary N) is 2. The summed E-state index contributed by atoms with van der Waals surface area (Å²) < 4.78 is 10.3. The number of carbonyl (C=O) groups is 2. The first-order valence-corrected chi connectivity index (χ1v) is 9.23. The molecule has 0 saturated heterocycles. The fourth-order valence-electron chi connectivity index (χ4n) is 2.36. The Hall–Kier alpha value is -2.94. The second-order valence-corrected chi connectivity index (χ2v) is 6.78. The number of imidazole rings is 1. The molecule has 0 fully saturated rings. The first-order valence-electron chi connectivity index (χ1n) is 8.25. The molecule has 2 amide bonds. The van der Waals surface area contributed by atoms with Crippen LogP contribution in [0, 0.1) is 0 Å². The van der Waals surface area contributed by atoms with Crippen molar-refractivity contribution >= 4 is 34.6 Å². The van der Waals surface area contributed by atoms with Gasteiger partial charge in [0.1, 0.15) is 11.5 Å². The number of rotatable bonds is 8. The Balaban J connectivity index is 1.47. The van der Waals surface area contributed by atoms with Crippen LogP contribution in [0.2, 0.25) is 0 Å². The summed E-state index contributed by atoms with van der Waals surface area (Å²) in [6, 6.07) is 9.06. The molecule has 0 unspecified atom stereocenters. The molecule has 0 atom stereocenters. The van der Waals surface area contributed by atoms with Gasteiger partial charge in [-0.3, -0.25) is 9.59 Å². The maximum atomic E-state index is 12.2. The molecule has 0 aliphatic carbocycles. The second kappa shape index (κ2) is 8.63. The number of hydrogen-bond acceptors (Lipinski definition) is 6. The molecule has 0 spiro atoms. The Kier molecular flexibility index (Phi) is 6.02. The molecule has 0 aliphatic heterocycles. The van der Waals surface area contributed by atoms with Crippen LogP contribution in [0.5, 0.6) is 5.75 Å². The Labute approximate surface area is 160 Å². The molecule has 2 N–H and O–H groups in total. The zero-order chi connectivity index (χ0) is 19.2. The van der Waals surface area contributed by atoms with Crippen LogP contribution < -0.4 is 10.1 Å². The highest BCUT2D eigenvalue weighted by Crippen LogP contribution is 2.23. The number of methoxy groups -OCH3 is 1. The van der Waals surface area contributed by atoms with Crippen LogP contribution in [-0.2, 0) is 16.1 Å². The van der Waals surface area contributed by atoms with E-state index in [1.54, 1.807) is 32.6 Å². The standard InChI is InChI=1S/C18H20N4O4S/c1-22(10-16(23)19-9-13-4-3-7-26-13)17(24)11-27-18-20-14-6-5-12(25-2)8-15(14)21-18/h3-8H,9-11H2,1-2H3,(H,19,23)(H,20,21). The molecule has 3 aromatic rings. The van der Waals surface area contributed by atoms with Crippen molar-refractivity contribution in [2.45, 2.75) is 11.7 Å². The Morgan fingerprint density at radius 1 is 1.37 bits per heavy atom. The molecule has 2 heterocycles. The van der Waals surface area contributed by atoms with E-state index in [2.05, 4.69) is 15.3 Å². The van der Waals surface area contributed by atoms with Gasteiger partial charge in [0, 0.05) is 13.1 Å². The summed E-state index contributed by atoms with van der Waals surface area (Å²) in [5.41, 5.74) is 1.64. The summed E-state index contributed by atoms with van der Waals surface area (Å²) in [6.45, 7) is 0.280. The summed E-state index contributed by atoms with van der Waals surface area (Å²) in [7, 11) is 3.20. The van der Waals surface area contributed by atoms with E-state index < -0.39 is 0 Å². The first kappa shape index (κ1) is 18.8. The monoisotopic (exact) mass is 388 g/mol. The lowest BCUT2D eigenvalue weighted by Gasteiger charge is -2.16. The minimum atomic E-state index is -0.247. The van der Waals surface area contributed by atoms with Crippen molar-refractivity contribution in [1.29, 1.82) is 0 Å². The minimum absolute atomic E-state index is 0.0164. The summed E-state index contributed by atoms with van der Waals surface area (Å²) in [5.74, 6) is 1.17. The normalized spacial score (nSPS) is 10.7. The van der Waals surface area contributed by atoms with Crippen LogP contribution in [0.3, 0.4) is 0 Å². The van der Waals surface area contributed by atoms with Gasteiger partial charge in [0.05, 0.1) is 43.2 Å². The third-order valence-corrected chi connectivity index (χ3v) is 4.70. The highest BCUT2D eigenvalue weighted by atomic mass is 32.2. The van der Waals surface area contributed by atoms with Gasteiger partial charge in [0.2, 0.25) is 11.8 Å². The quantitative estimate of drug-likeness (QED) is 0.573. The van der Waals surface area contributed by atoms with Gasteiger partial charge in [0.15, 0.2) is 5.16 Å². The maximum absolute atomic E-state index is 12.2. The number of furan rings is 1. The van der Waals surface area contributed by atoms with Crippen LogP contribution in [0.4, 0.5) is 0 Å². The van der Waals surface area contributed by atoms with Gasteiger partial charge in [-0.15, -0.1) is 0 Å². The number of hydrogen-bond donors (Lipinski definition) is 2. The topological polar surface area (TPSA) is 100 Å². The Morgan fingerprint density at radius 2 is 2.22 bits per heavy atom. The van der Waals surface area contributed by atoms with Crippen molar-refractivity contribution in [2.24, 2.45) is 0 Å². The van der Waals surface area contributed by atoms with Gasteiger partial charge in [-0.1, -0.05) is 11.8 Å². The maximum Gasteiger partial charge on any atom is 0.239 e. The highest BCUT2D eigenvalue weighted by molar-refractivity contribution is 7.99. The molecule has 0 radical (unpaired) electrons. The van der Waals surface area contributed by atoms with Gasteiger partial charge in [-0.05, 0) is 24.3 Å². The van der Waals surface area contributed by atoms with E-state index in [1.165, 1.54) is 16.7 Å². The molecule has 9 heteroatoms. The highest BCUT2D eigenvalue weighted by Gasteiger charge is 2.14. The average molecular weight is 388 g/mol. The molecule has 0 aliphatic rings. The molecule has 142 valence electrons. The molecule has 0 bridgehead atoms. The van der Waals surface area contributed by atoms with Gasteiger partial charge >= 0.3 is 0 Å². The number of ether oxygens (including phenoxy) is 1. The summed E-state index contributed by atoms with van der Waals surface area (Å²) in [6.07, 6.45) is 1.54. The lowest BCUT2D eigenvalue weighted by molar-refractivity contribution is -0.132. The number of benzene rings is 1. The van der Waals surface area contributed by atoms with Gasteiger partial charge in [0.25, 0.3) is 0 Å². The molecule has 8 nitrogen and oxygen atoms in total. The van der Waals surface area contributed by atoms with E-state index in [0.717, 1.165) is 16.8 Å². The second-order valence-electron chi connectivity index (χ2n) is 5.82. The predicted molar refractivity (Wildman–Crippen MR) is 102 cm³/mol. The fraction of sp³-hybridized carbons (Fsp3) is 0.278. The predicted octanol–water partition coefficient (Wildman–Crippen LogP) is 2.03. The van der Waals surface area contributed by atoms with E-state index in [9.17, 15) is 9.59 Å². The molecule has 0 saturated carbocycles. The van der Waals surface area contributed by atoms with Crippen molar-refractivity contribution in [1.82, 2.24) is 20.2 Å². The van der Waals surface area contributed by atoms with Crippen molar-refractivity contribution in [2.75, 3.05) is 26.5 Å². The number of fused-ring (bicyclic) bond motifs is 1. The van der Waals surface area contributed by atoms with Crippen LogP contribution >= 0.6 is 11.8 Å². The van der Waals surface area contributed by atoms with E-state index in [0.29, 0.717) is 17.5 Å². The summed E-state index contributed by atoms with van der Waals surface area (Å²) >= 11 is 1.29. The average Bonchev–Trinajstić information content (AvgIpc) is 3.32. The molecular weight excluding hydrogens is 368 g/mol. The third-order valence-electron chi connectivity index (χ3n) is 3.85. The van der Waals surface area contributed by atoms with Crippen LogP contribution in [-0.4, -0.2) is 53.1 Å². The number of thioether (sulfide) groups is 1. The number of amides is 2. The fourth-order valence-corrected chi connectivity index (χ4v) is 3.18.